The Morgan fingerprint density at radius 1 is 0.943 bits per heavy atom. The van der Waals surface area contributed by atoms with E-state index < -0.39 is 29.4 Å². The number of hydrogen-bond acceptors (Lipinski definition) is 4. The van der Waals surface area contributed by atoms with Gasteiger partial charge in [0.25, 0.3) is 11.1 Å². The first-order valence-corrected chi connectivity index (χ1v) is 11.7. The number of amides is 3. The van der Waals surface area contributed by atoms with Crippen LogP contribution in [0.4, 0.5) is 14.9 Å². The Morgan fingerprint density at radius 2 is 1.66 bits per heavy atom. The minimum Gasteiger partial charge on any atom is -0.342 e. The maximum atomic E-state index is 13.1. The SMILES string of the molecule is O=C(CN1C(=O)S/C(=C\c2cn(Cc3ccccc3)c3ccccc23)C1=O)Nc1ccc(F)cc1. The average molecular weight is 486 g/mol. The van der Waals surface area contributed by atoms with Gasteiger partial charge in [0.1, 0.15) is 12.4 Å². The molecule has 0 bridgehead atoms. The van der Waals surface area contributed by atoms with Crippen molar-refractivity contribution in [2.45, 2.75) is 6.54 Å². The van der Waals surface area contributed by atoms with E-state index >= 15 is 0 Å². The second-order valence-corrected chi connectivity index (χ2v) is 9.03. The quantitative estimate of drug-likeness (QED) is 0.366. The van der Waals surface area contributed by atoms with Crippen molar-refractivity contribution in [3.63, 3.8) is 0 Å². The smallest absolute Gasteiger partial charge is 0.294 e. The Labute approximate surface area is 205 Å². The molecule has 35 heavy (non-hydrogen) atoms. The molecule has 1 saturated heterocycles. The second kappa shape index (κ2) is 9.60. The summed E-state index contributed by atoms with van der Waals surface area (Å²) in [5, 5.41) is 3.02. The summed E-state index contributed by atoms with van der Waals surface area (Å²) in [6, 6.07) is 23.2. The number of fused-ring (bicyclic) bond motifs is 1. The van der Waals surface area contributed by atoms with Gasteiger partial charge in [0, 0.05) is 34.9 Å². The van der Waals surface area contributed by atoms with Crippen LogP contribution in [0.1, 0.15) is 11.1 Å². The number of thioether (sulfide) groups is 1. The van der Waals surface area contributed by atoms with Gasteiger partial charge in [-0.1, -0.05) is 48.5 Å². The van der Waals surface area contributed by atoms with Crippen LogP contribution >= 0.6 is 11.8 Å². The number of nitrogens with one attached hydrogen (secondary N) is 1. The first-order chi connectivity index (χ1) is 17.0. The van der Waals surface area contributed by atoms with E-state index in [1.165, 1.54) is 24.3 Å². The predicted octanol–water partition coefficient (Wildman–Crippen LogP) is 5.50. The highest BCUT2D eigenvalue weighted by Crippen LogP contribution is 2.34. The van der Waals surface area contributed by atoms with E-state index in [0.717, 1.165) is 38.7 Å². The van der Waals surface area contributed by atoms with Crippen molar-refractivity contribution in [3.8, 4) is 0 Å². The summed E-state index contributed by atoms with van der Waals surface area (Å²) in [7, 11) is 0. The van der Waals surface area contributed by atoms with Crippen LogP contribution < -0.4 is 5.32 Å². The summed E-state index contributed by atoms with van der Waals surface area (Å²) in [4.78, 5) is 39.0. The van der Waals surface area contributed by atoms with Gasteiger partial charge in [0.2, 0.25) is 5.91 Å². The van der Waals surface area contributed by atoms with Gasteiger partial charge >= 0.3 is 0 Å². The lowest BCUT2D eigenvalue weighted by Gasteiger charge is -2.12. The van der Waals surface area contributed by atoms with E-state index in [2.05, 4.69) is 22.0 Å². The van der Waals surface area contributed by atoms with E-state index in [1.54, 1.807) is 6.08 Å². The highest BCUT2D eigenvalue weighted by molar-refractivity contribution is 8.18. The monoisotopic (exact) mass is 485 g/mol. The van der Waals surface area contributed by atoms with E-state index in [0.29, 0.717) is 12.2 Å². The maximum absolute atomic E-state index is 13.1. The van der Waals surface area contributed by atoms with E-state index in [9.17, 15) is 18.8 Å². The van der Waals surface area contributed by atoms with Crippen molar-refractivity contribution < 1.29 is 18.8 Å². The Kier molecular flexibility index (Phi) is 6.20. The van der Waals surface area contributed by atoms with Gasteiger partial charge < -0.3 is 9.88 Å². The number of para-hydroxylation sites is 1. The van der Waals surface area contributed by atoms with Crippen LogP contribution in [0, 0.1) is 5.82 Å². The Hall–Kier alpha value is -4.17. The molecule has 0 aliphatic carbocycles. The van der Waals surface area contributed by atoms with Crippen molar-refractivity contribution >= 4 is 51.5 Å². The fourth-order valence-corrected chi connectivity index (χ4v) is 4.79. The van der Waals surface area contributed by atoms with E-state index in [1.807, 2.05) is 48.7 Å². The number of carbonyl (C=O) groups is 3. The van der Waals surface area contributed by atoms with Crippen molar-refractivity contribution in [3.05, 3.63) is 107 Å². The Bertz CT molecular complexity index is 1460. The summed E-state index contributed by atoms with van der Waals surface area (Å²) in [6.45, 7) is 0.245. The average Bonchev–Trinajstić information content (AvgIpc) is 3.33. The third-order valence-corrected chi connectivity index (χ3v) is 6.51. The zero-order valence-electron chi connectivity index (χ0n) is 18.5. The summed E-state index contributed by atoms with van der Waals surface area (Å²) in [5.74, 6) is -1.49. The number of anilines is 1. The largest absolute Gasteiger partial charge is 0.342 e. The molecule has 1 aromatic heterocycles. The molecule has 0 atom stereocenters. The molecule has 4 aromatic rings. The first kappa shape index (κ1) is 22.6. The topological polar surface area (TPSA) is 71.4 Å². The molecule has 1 aliphatic rings. The molecule has 0 spiro atoms. The van der Waals surface area contributed by atoms with Gasteiger partial charge in [0.15, 0.2) is 0 Å². The van der Waals surface area contributed by atoms with Crippen molar-refractivity contribution in [2.75, 3.05) is 11.9 Å². The van der Waals surface area contributed by atoms with Crippen LogP contribution in [0.15, 0.2) is 90.0 Å². The number of imide groups is 1. The number of halogens is 1. The number of nitrogens with zero attached hydrogens (tertiary/aromatic N) is 2. The fraction of sp³-hybridized carbons (Fsp3) is 0.0741. The molecule has 2 heterocycles. The molecule has 1 aliphatic heterocycles. The van der Waals surface area contributed by atoms with Crippen LogP contribution in [0.5, 0.6) is 0 Å². The van der Waals surface area contributed by atoms with Crippen LogP contribution in [-0.2, 0) is 16.1 Å². The zero-order valence-corrected chi connectivity index (χ0v) is 19.3. The molecule has 5 rings (SSSR count). The van der Waals surface area contributed by atoms with Crippen LogP contribution in [0.2, 0.25) is 0 Å². The minimum absolute atomic E-state index is 0.257. The van der Waals surface area contributed by atoms with Crippen molar-refractivity contribution in [1.82, 2.24) is 9.47 Å². The number of hydrogen-bond donors (Lipinski definition) is 1. The number of carbonyl (C=O) groups excluding carboxylic acids is 3. The Balaban J connectivity index is 1.36. The van der Waals surface area contributed by atoms with Crippen molar-refractivity contribution in [1.29, 1.82) is 0 Å². The molecular formula is C27H20FN3O3S. The molecule has 0 saturated carbocycles. The van der Waals surface area contributed by atoms with Crippen LogP contribution in [-0.4, -0.2) is 33.1 Å². The number of rotatable bonds is 6. The predicted molar refractivity (Wildman–Crippen MR) is 135 cm³/mol. The third kappa shape index (κ3) is 4.88. The highest BCUT2D eigenvalue weighted by Gasteiger charge is 2.36. The molecule has 174 valence electrons. The van der Waals surface area contributed by atoms with Gasteiger partial charge in [0.05, 0.1) is 4.91 Å². The molecule has 3 aromatic carbocycles. The number of benzene rings is 3. The molecule has 3 amide bonds. The molecule has 0 radical (unpaired) electrons. The zero-order chi connectivity index (χ0) is 24.4. The fourth-order valence-electron chi connectivity index (χ4n) is 3.96. The van der Waals surface area contributed by atoms with Gasteiger partial charge in [-0.3, -0.25) is 19.3 Å². The first-order valence-electron chi connectivity index (χ1n) is 10.9. The minimum atomic E-state index is -0.542. The lowest BCUT2D eigenvalue weighted by atomic mass is 10.1. The van der Waals surface area contributed by atoms with Gasteiger partial charge in [-0.15, -0.1) is 0 Å². The molecule has 6 nitrogen and oxygen atoms in total. The van der Waals surface area contributed by atoms with Crippen LogP contribution in [0.3, 0.4) is 0 Å². The van der Waals surface area contributed by atoms with Crippen molar-refractivity contribution in [2.24, 2.45) is 0 Å². The maximum Gasteiger partial charge on any atom is 0.294 e. The summed E-state index contributed by atoms with van der Waals surface area (Å²) >= 11 is 0.808. The summed E-state index contributed by atoms with van der Waals surface area (Å²) < 4.78 is 15.2. The molecule has 8 heteroatoms. The lowest BCUT2D eigenvalue weighted by Crippen LogP contribution is -2.36. The lowest BCUT2D eigenvalue weighted by molar-refractivity contribution is -0.127. The summed E-state index contributed by atoms with van der Waals surface area (Å²) in [5.41, 5.74) is 3.36. The third-order valence-electron chi connectivity index (χ3n) is 5.61. The Morgan fingerprint density at radius 3 is 2.43 bits per heavy atom. The van der Waals surface area contributed by atoms with Gasteiger partial charge in [-0.05, 0) is 53.7 Å². The number of aromatic nitrogens is 1. The standard InChI is InChI=1S/C27H20FN3O3S/c28-20-10-12-21(13-11-20)29-25(32)17-31-26(33)24(35-27(31)34)14-19-16-30(15-18-6-2-1-3-7-18)23-9-5-4-8-22(19)23/h1-14,16H,15,17H2,(H,29,32)/b24-14-. The van der Waals surface area contributed by atoms with E-state index in [4.69, 9.17) is 0 Å². The van der Waals surface area contributed by atoms with E-state index in [-0.39, 0.29) is 4.91 Å². The van der Waals surface area contributed by atoms with Gasteiger partial charge in [-0.2, -0.15) is 0 Å². The second-order valence-electron chi connectivity index (χ2n) is 8.04. The molecule has 1 N–H and O–H groups in total. The van der Waals surface area contributed by atoms with Crippen LogP contribution in [0.25, 0.3) is 17.0 Å². The van der Waals surface area contributed by atoms with Gasteiger partial charge in [-0.25, -0.2) is 4.39 Å². The molecule has 1 fully saturated rings. The molecule has 0 unspecified atom stereocenters. The normalized spacial score (nSPS) is 14.8. The highest BCUT2D eigenvalue weighted by atomic mass is 32.2. The molecular weight excluding hydrogens is 465 g/mol. The summed E-state index contributed by atoms with van der Waals surface area (Å²) in [6.07, 6.45) is 3.67.